The SMILES string of the molecule is CCOC(=O)C(OCCCCCC=Cc1c(F)cccc1F)C(O)(C(=O)OCC)C(=O)OCC. The van der Waals surface area contributed by atoms with Crippen molar-refractivity contribution in [3.05, 3.63) is 41.5 Å². The quantitative estimate of drug-likeness (QED) is 0.174. The second-order valence-electron chi connectivity index (χ2n) is 7.10. The normalized spacial score (nSPS) is 12.4. The van der Waals surface area contributed by atoms with Crippen molar-refractivity contribution in [1.82, 2.24) is 0 Å². The van der Waals surface area contributed by atoms with Gasteiger partial charge in [0.2, 0.25) is 6.10 Å². The third kappa shape index (κ3) is 8.18. The van der Waals surface area contributed by atoms with Crippen LogP contribution in [-0.4, -0.2) is 61.1 Å². The summed E-state index contributed by atoms with van der Waals surface area (Å²) in [6.45, 7) is 3.99. The van der Waals surface area contributed by atoms with Gasteiger partial charge in [-0.15, -0.1) is 0 Å². The van der Waals surface area contributed by atoms with Gasteiger partial charge in [-0.3, -0.25) is 0 Å². The molecule has 1 rings (SSSR count). The van der Waals surface area contributed by atoms with Gasteiger partial charge in [0, 0.05) is 12.2 Å². The van der Waals surface area contributed by atoms with Crippen LogP contribution in [0.3, 0.4) is 0 Å². The van der Waals surface area contributed by atoms with Crippen molar-refractivity contribution in [1.29, 1.82) is 0 Å². The molecule has 0 aliphatic heterocycles. The number of allylic oxidation sites excluding steroid dienone is 1. The molecule has 0 spiro atoms. The Hall–Kier alpha value is -2.85. The first-order valence-corrected chi connectivity index (χ1v) is 11.2. The number of carbonyl (C=O) groups is 3. The summed E-state index contributed by atoms with van der Waals surface area (Å²) in [5.74, 6) is -5.16. The Kier molecular flexibility index (Phi) is 13.0. The fraction of sp³-hybridized carbons (Fsp3) is 0.542. The fourth-order valence-corrected chi connectivity index (χ4v) is 2.97. The van der Waals surface area contributed by atoms with E-state index in [2.05, 4.69) is 0 Å². The van der Waals surface area contributed by atoms with E-state index in [4.69, 9.17) is 18.9 Å². The smallest absolute Gasteiger partial charge is 0.353 e. The van der Waals surface area contributed by atoms with Crippen molar-refractivity contribution < 1.29 is 47.2 Å². The first kappa shape index (κ1) is 29.2. The average molecular weight is 487 g/mol. The van der Waals surface area contributed by atoms with Crippen LogP contribution in [0.5, 0.6) is 0 Å². The zero-order valence-electron chi connectivity index (χ0n) is 19.7. The molecule has 0 fully saturated rings. The Morgan fingerprint density at radius 2 is 1.50 bits per heavy atom. The van der Waals surface area contributed by atoms with Gasteiger partial charge in [0.05, 0.1) is 19.8 Å². The fourth-order valence-electron chi connectivity index (χ4n) is 2.97. The monoisotopic (exact) mass is 486 g/mol. The van der Waals surface area contributed by atoms with Crippen molar-refractivity contribution in [2.24, 2.45) is 0 Å². The topological polar surface area (TPSA) is 108 Å². The molecule has 0 bridgehead atoms. The van der Waals surface area contributed by atoms with Gasteiger partial charge in [0.25, 0.3) is 5.60 Å². The zero-order chi connectivity index (χ0) is 25.6. The molecule has 1 aromatic rings. The molecule has 1 unspecified atom stereocenters. The summed E-state index contributed by atoms with van der Waals surface area (Å²) >= 11 is 0. The molecular formula is C24H32F2O8. The van der Waals surface area contributed by atoms with Crippen molar-refractivity contribution >= 4 is 24.0 Å². The lowest BCUT2D eigenvalue weighted by Gasteiger charge is -2.30. The van der Waals surface area contributed by atoms with Crippen LogP contribution in [0.4, 0.5) is 8.78 Å². The first-order valence-electron chi connectivity index (χ1n) is 11.2. The van der Waals surface area contributed by atoms with Gasteiger partial charge in [-0.2, -0.15) is 0 Å². The second-order valence-corrected chi connectivity index (χ2v) is 7.10. The standard InChI is InChI=1S/C24H32F2O8/c1-4-31-21(27)20(24(30,22(28)32-5-2)23(29)33-6-3)34-16-11-9-7-8-10-13-17-18(25)14-12-15-19(17)26/h10,12-15,20,30H,4-9,11,16H2,1-3H3. The molecule has 0 aliphatic carbocycles. The molecule has 34 heavy (non-hydrogen) atoms. The maximum Gasteiger partial charge on any atom is 0.353 e. The number of ether oxygens (including phenoxy) is 4. The van der Waals surface area contributed by atoms with Gasteiger partial charge in [-0.25, -0.2) is 23.2 Å². The molecule has 0 radical (unpaired) electrons. The summed E-state index contributed by atoms with van der Waals surface area (Å²) in [6, 6.07) is 3.64. The summed E-state index contributed by atoms with van der Waals surface area (Å²) < 4.78 is 47.0. The highest BCUT2D eigenvalue weighted by atomic mass is 19.1. The summed E-state index contributed by atoms with van der Waals surface area (Å²) in [6.07, 6.45) is 3.21. The first-order chi connectivity index (χ1) is 16.2. The molecule has 0 aliphatic rings. The maximum atomic E-state index is 13.6. The Balaban J connectivity index is 2.72. The summed E-state index contributed by atoms with van der Waals surface area (Å²) in [5, 5.41) is 10.8. The predicted octanol–water partition coefficient (Wildman–Crippen LogP) is 3.34. The number of benzene rings is 1. The third-order valence-corrected chi connectivity index (χ3v) is 4.64. The molecule has 0 amide bonds. The highest BCUT2D eigenvalue weighted by Gasteiger charge is 2.58. The summed E-state index contributed by atoms with van der Waals surface area (Å²) in [5.41, 5.74) is -3.13. The highest BCUT2D eigenvalue weighted by Crippen LogP contribution is 2.22. The number of esters is 3. The lowest BCUT2D eigenvalue weighted by molar-refractivity contribution is -0.208. The van der Waals surface area contributed by atoms with Gasteiger partial charge >= 0.3 is 17.9 Å². The van der Waals surface area contributed by atoms with Crippen LogP contribution >= 0.6 is 0 Å². The minimum absolute atomic E-state index is 0.0740. The Morgan fingerprint density at radius 3 is 2.03 bits per heavy atom. The molecule has 0 aromatic heterocycles. The molecule has 8 nitrogen and oxygen atoms in total. The van der Waals surface area contributed by atoms with E-state index in [1.54, 1.807) is 6.08 Å². The second kappa shape index (κ2) is 15.1. The van der Waals surface area contributed by atoms with E-state index < -0.39 is 41.2 Å². The van der Waals surface area contributed by atoms with Crippen LogP contribution in [0.15, 0.2) is 24.3 Å². The van der Waals surface area contributed by atoms with E-state index in [0.29, 0.717) is 25.7 Å². The van der Waals surface area contributed by atoms with E-state index in [1.165, 1.54) is 45.0 Å². The predicted molar refractivity (Wildman–Crippen MR) is 118 cm³/mol. The lowest BCUT2D eigenvalue weighted by atomic mass is 9.96. The molecule has 0 heterocycles. The lowest BCUT2D eigenvalue weighted by Crippen LogP contribution is -2.61. The highest BCUT2D eigenvalue weighted by molar-refractivity contribution is 6.08. The number of unbranched alkanes of at least 4 members (excludes halogenated alkanes) is 3. The number of rotatable bonds is 15. The Labute approximate surface area is 197 Å². The van der Waals surface area contributed by atoms with Crippen LogP contribution in [0.25, 0.3) is 6.08 Å². The summed E-state index contributed by atoms with van der Waals surface area (Å²) in [4.78, 5) is 37.2. The molecule has 190 valence electrons. The molecule has 1 aromatic carbocycles. The van der Waals surface area contributed by atoms with Gasteiger partial charge in [-0.05, 0) is 52.2 Å². The molecular weight excluding hydrogens is 454 g/mol. The van der Waals surface area contributed by atoms with E-state index in [1.807, 2.05) is 0 Å². The van der Waals surface area contributed by atoms with Gasteiger partial charge in [0.1, 0.15) is 11.6 Å². The molecule has 1 N–H and O–H groups in total. The molecule has 1 atom stereocenters. The van der Waals surface area contributed by atoms with E-state index in [0.717, 1.165) is 0 Å². The van der Waals surface area contributed by atoms with Crippen molar-refractivity contribution in [3.63, 3.8) is 0 Å². The van der Waals surface area contributed by atoms with Crippen LogP contribution in [0, 0.1) is 11.6 Å². The Bertz CT molecular complexity index is 802. The number of aliphatic hydroxyl groups is 1. The largest absolute Gasteiger partial charge is 0.464 e. The van der Waals surface area contributed by atoms with E-state index >= 15 is 0 Å². The minimum Gasteiger partial charge on any atom is -0.464 e. The van der Waals surface area contributed by atoms with Crippen LogP contribution in [-0.2, 0) is 33.3 Å². The maximum absolute atomic E-state index is 13.6. The Morgan fingerprint density at radius 1 is 0.941 bits per heavy atom. The molecule has 0 saturated carbocycles. The minimum atomic E-state index is -3.02. The molecule has 10 heteroatoms. The van der Waals surface area contributed by atoms with E-state index in [-0.39, 0.29) is 32.0 Å². The van der Waals surface area contributed by atoms with Gasteiger partial charge < -0.3 is 24.1 Å². The van der Waals surface area contributed by atoms with Gasteiger partial charge in [0.15, 0.2) is 0 Å². The van der Waals surface area contributed by atoms with Crippen LogP contribution in [0.1, 0.15) is 52.0 Å². The third-order valence-electron chi connectivity index (χ3n) is 4.64. The van der Waals surface area contributed by atoms with Crippen LogP contribution in [0.2, 0.25) is 0 Å². The average Bonchev–Trinajstić information content (AvgIpc) is 2.79. The number of hydrogen-bond donors (Lipinski definition) is 1. The summed E-state index contributed by atoms with van der Waals surface area (Å²) in [7, 11) is 0. The van der Waals surface area contributed by atoms with Crippen molar-refractivity contribution in [3.8, 4) is 0 Å². The van der Waals surface area contributed by atoms with Crippen molar-refractivity contribution in [2.45, 2.75) is 58.2 Å². The van der Waals surface area contributed by atoms with E-state index in [9.17, 15) is 28.3 Å². The van der Waals surface area contributed by atoms with Crippen molar-refractivity contribution in [2.75, 3.05) is 26.4 Å². The zero-order valence-corrected chi connectivity index (χ0v) is 19.7. The van der Waals surface area contributed by atoms with Gasteiger partial charge in [-0.1, -0.05) is 24.6 Å². The van der Waals surface area contributed by atoms with Crippen LogP contribution < -0.4 is 0 Å². The number of carbonyl (C=O) groups excluding carboxylic acids is 3. The number of hydrogen-bond acceptors (Lipinski definition) is 8. The molecule has 0 saturated heterocycles. The number of halogens is 2.